The third-order valence-corrected chi connectivity index (χ3v) is 9.25. The van der Waals surface area contributed by atoms with E-state index in [9.17, 15) is 22.8 Å². The average Bonchev–Trinajstić information content (AvgIpc) is 2.95. The van der Waals surface area contributed by atoms with Crippen LogP contribution in [0, 0.1) is 5.82 Å². The molecular formula is C32H31ClFN3O6S. The van der Waals surface area contributed by atoms with Crippen LogP contribution in [-0.4, -0.2) is 53.9 Å². The van der Waals surface area contributed by atoms with E-state index in [-0.39, 0.29) is 34.8 Å². The second-order valence-corrected chi connectivity index (χ2v) is 13.8. The first-order chi connectivity index (χ1) is 20.7. The summed E-state index contributed by atoms with van der Waals surface area (Å²) in [5.41, 5.74) is -1.05. The number of anilines is 1. The van der Waals surface area contributed by atoms with Crippen LogP contribution in [0.3, 0.4) is 0 Å². The van der Waals surface area contributed by atoms with Gasteiger partial charge < -0.3 is 9.64 Å². The molecule has 12 heteroatoms. The molecule has 1 unspecified atom stereocenters. The monoisotopic (exact) mass is 639 g/mol. The Balaban J connectivity index is 1.52. The van der Waals surface area contributed by atoms with Gasteiger partial charge in [-0.05, 0) is 86.8 Å². The van der Waals surface area contributed by atoms with Crippen LogP contribution in [0.25, 0.3) is 16.5 Å². The summed E-state index contributed by atoms with van der Waals surface area (Å²) < 4.78 is 51.3. The van der Waals surface area contributed by atoms with Crippen LogP contribution in [0.5, 0.6) is 0 Å². The maximum atomic E-state index is 15.5. The highest BCUT2D eigenvalue weighted by molar-refractivity contribution is 7.89. The van der Waals surface area contributed by atoms with Gasteiger partial charge in [-0.15, -0.1) is 0 Å². The number of carbonyl (C=O) groups excluding carboxylic acids is 2. The number of piperidine rings is 1. The Hall–Kier alpha value is -4.06. The van der Waals surface area contributed by atoms with Crippen LogP contribution in [0.2, 0.25) is 5.02 Å². The van der Waals surface area contributed by atoms with Crippen molar-refractivity contribution >= 4 is 50.0 Å². The second kappa shape index (κ2) is 12.1. The topological polar surface area (TPSA) is 106 Å². The Morgan fingerprint density at radius 1 is 1.02 bits per heavy atom. The Bertz CT molecular complexity index is 1920. The molecule has 2 heterocycles. The number of nitrogens with zero attached hydrogens (tertiary/aromatic N) is 3. The summed E-state index contributed by atoms with van der Waals surface area (Å²) in [6, 6.07) is 16.7. The van der Waals surface area contributed by atoms with E-state index in [4.69, 9.17) is 16.3 Å². The lowest BCUT2D eigenvalue weighted by molar-refractivity contribution is -0.155. The van der Waals surface area contributed by atoms with Crippen molar-refractivity contribution < 1.29 is 27.1 Å². The molecule has 1 aromatic heterocycles. The minimum atomic E-state index is -4.43. The van der Waals surface area contributed by atoms with Gasteiger partial charge in [-0.2, -0.15) is 4.31 Å². The predicted octanol–water partition coefficient (Wildman–Crippen LogP) is 5.31. The zero-order valence-corrected chi connectivity index (χ0v) is 25.9. The highest BCUT2D eigenvalue weighted by atomic mass is 35.5. The van der Waals surface area contributed by atoms with Crippen molar-refractivity contribution in [1.82, 2.24) is 8.87 Å². The number of esters is 1. The first-order valence-electron chi connectivity index (χ1n) is 14.0. The molecule has 0 aliphatic carbocycles. The highest BCUT2D eigenvalue weighted by Gasteiger charge is 2.42. The molecule has 0 N–H and O–H groups in total. The van der Waals surface area contributed by atoms with Crippen molar-refractivity contribution in [3.63, 3.8) is 0 Å². The lowest BCUT2D eigenvalue weighted by atomic mass is 10.0. The molecule has 9 nitrogen and oxygen atoms in total. The molecule has 44 heavy (non-hydrogen) atoms. The van der Waals surface area contributed by atoms with E-state index in [0.29, 0.717) is 22.2 Å². The first kappa shape index (κ1) is 31.4. The summed E-state index contributed by atoms with van der Waals surface area (Å²) in [6.45, 7) is 4.37. The van der Waals surface area contributed by atoms with Gasteiger partial charge in [0, 0.05) is 29.9 Å². The van der Waals surface area contributed by atoms with Gasteiger partial charge in [0.25, 0.3) is 5.56 Å². The van der Waals surface area contributed by atoms with Gasteiger partial charge in [0.15, 0.2) is 0 Å². The number of halogens is 2. The number of hydrogen-bond acceptors (Lipinski definition) is 6. The molecule has 1 saturated heterocycles. The number of pyridine rings is 1. The standard InChI is InChI=1S/C32H31ClFN3O6S/c1-32(2,3)43-30(39)20-37(44(41,42)25-13-10-21-17-23(33)11-9-22(21)18-25)28-7-6-16-36(31(28)40)27-14-12-24(19-26(27)34)35-15-5-4-8-29(35)38/h4-5,8-15,17-19,28H,6-7,16,20H2,1-3H3. The third kappa shape index (κ3) is 6.54. The van der Waals surface area contributed by atoms with Crippen LogP contribution >= 0.6 is 11.6 Å². The van der Waals surface area contributed by atoms with Gasteiger partial charge in [-0.25, -0.2) is 12.8 Å². The molecule has 1 aliphatic rings. The van der Waals surface area contributed by atoms with Crippen molar-refractivity contribution in [2.45, 2.75) is 50.2 Å². The van der Waals surface area contributed by atoms with Gasteiger partial charge in [-0.3, -0.25) is 19.0 Å². The summed E-state index contributed by atoms with van der Waals surface area (Å²) >= 11 is 6.09. The van der Waals surface area contributed by atoms with Gasteiger partial charge in [0.1, 0.15) is 24.0 Å². The van der Waals surface area contributed by atoms with Crippen molar-refractivity contribution in [1.29, 1.82) is 0 Å². The predicted molar refractivity (Wildman–Crippen MR) is 166 cm³/mol. The van der Waals surface area contributed by atoms with Gasteiger partial charge in [0.2, 0.25) is 15.9 Å². The third-order valence-electron chi connectivity index (χ3n) is 7.17. The van der Waals surface area contributed by atoms with E-state index in [1.54, 1.807) is 57.2 Å². The number of aromatic nitrogens is 1. The summed E-state index contributed by atoms with van der Waals surface area (Å²) in [5.74, 6) is -2.27. The molecule has 1 aliphatic heterocycles. The lowest BCUT2D eigenvalue weighted by Gasteiger charge is -2.37. The summed E-state index contributed by atoms with van der Waals surface area (Å²) in [5, 5.41) is 1.80. The normalized spacial score (nSPS) is 16.0. The lowest BCUT2D eigenvalue weighted by Crippen LogP contribution is -2.56. The first-order valence-corrected chi connectivity index (χ1v) is 15.8. The van der Waals surface area contributed by atoms with E-state index >= 15 is 4.39 Å². The molecule has 0 radical (unpaired) electrons. The van der Waals surface area contributed by atoms with Crippen molar-refractivity contribution in [3.8, 4) is 5.69 Å². The molecule has 1 fully saturated rings. The number of hydrogen-bond donors (Lipinski definition) is 0. The molecule has 1 amide bonds. The fourth-order valence-corrected chi connectivity index (χ4v) is 7.00. The molecule has 0 spiro atoms. The maximum absolute atomic E-state index is 15.5. The van der Waals surface area contributed by atoms with Gasteiger partial charge >= 0.3 is 5.97 Å². The van der Waals surface area contributed by atoms with E-state index in [1.807, 2.05) is 0 Å². The van der Waals surface area contributed by atoms with Crippen LogP contribution in [0.4, 0.5) is 10.1 Å². The van der Waals surface area contributed by atoms with E-state index in [0.717, 1.165) is 10.4 Å². The molecule has 4 aromatic rings. The number of fused-ring (bicyclic) bond motifs is 1. The molecule has 0 bridgehead atoms. The molecular weight excluding hydrogens is 609 g/mol. The van der Waals surface area contributed by atoms with Crippen molar-refractivity contribution in [2.75, 3.05) is 18.0 Å². The fraction of sp³-hybridized carbons (Fsp3) is 0.281. The number of sulfonamides is 1. The van der Waals surface area contributed by atoms with Crippen LogP contribution < -0.4 is 10.5 Å². The van der Waals surface area contributed by atoms with Crippen LogP contribution in [0.1, 0.15) is 33.6 Å². The highest BCUT2D eigenvalue weighted by Crippen LogP contribution is 2.31. The Kier molecular flexibility index (Phi) is 8.66. The fourth-order valence-electron chi connectivity index (χ4n) is 5.22. The van der Waals surface area contributed by atoms with Gasteiger partial charge in [0.05, 0.1) is 16.3 Å². The summed E-state index contributed by atoms with van der Waals surface area (Å²) in [4.78, 5) is 40.2. The average molecular weight is 640 g/mol. The summed E-state index contributed by atoms with van der Waals surface area (Å²) in [7, 11) is -4.43. The number of amides is 1. The quantitative estimate of drug-likeness (QED) is 0.254. The van der Waals surface area contributed by atoms with E-state index in [1.165, 1.54) is 46.0 Å². The zero-order chi connectivity index (χ0) is 31.8. The Morgan fingerprint density at radius 3 is 2.45 bits per heavy atom. The van der Waals surface area contributed by atoms with Gasteiger partial charge in [-0.1, -0.05) is 29.8 Å². The zero-order valence-electron chi connectivity index (χ0n) is 24.4. The molecule has 3 aromatic carbocycles. The number of rotatable bonds is 7. The molecule has 5 rings (SSSR count). The number of ether oxygens (including phenoxy) is 1. The number of benzene rings is 3. The van der Waals surface area contributed by atoms with Crippen molar-refractivity contribution in [2.24, 2.45) is 0 Å². The van der Waals surface area contributed by atoms with Crippen LogP contribution in [0.15, 0.2) is 88.7 Å². The largest absolute Gasteiger partial charge is 0.459 e. The maximum Gasteiger partial charge on any atom is 0.321 e. The Labute approximate surface area is 259 Å². The number of carbonyl (C=O) groups is 2. The minimum Gasteiger partial charge on any atom is -0.459 e. The van der Waals surface area contributed by atoms with Crippen molar-refractivity contribution in [3.05, 3.63) is 100 Å². The smallest absolute Gasteiger partial charge is 0.321 e. The van der Waals surface area contributed by atoms with E-state index < -0.39 is 45.9 Å². The SMILES string of the molecule is CC(C)(C)OC(=O)CN(C1CCCN(c2ccc(-n3ccccc3=O)cc2F)C1=O)S(=O)(=O)c1ccc2cc(Cl)ccc2c1. The summed E-state index contributed by atoms with van der Waals surface area (Å²) in [6.07, 6.45) is 1.95. The molecule has 0 saturated carbocycles. The Morgan fingerprint density at radius 2 is 1.75 bits per heavy atom. The second-order valence-electron chi connectivity index (χ2n) is 11.5. The molecule has 230 valence electrons. The van der Waals surface area contributed by atoms with Crippen LogP contribution in [-0.2, 0) is 24.3 Å². The molecule has 1 atom stereocenters. The minimum absolute atomic E-state index is 0.0652. The van der Waals surface area contributed by atoms with E-state index in [2.05, 4.69) is 0 Å².